The second kappa shape index (κ2) is 9.00. The molecule has 2 N–H and O–H groups in total. The highest BCUT2D eigenvalue weighted by Crippen LogP contribution is 2.16. The number of esters is 1. The van der Waals surface area contributed by atoms with Gasteiger partial charge in [-0.2, -0.15) is 5.10 Å². The van der Waals surface area contributed by atoms with Crippen molar-refractivity contribution in [1.29, 1.82) is 0 Å². The monoisotopic (exact) mass is 360 g/mol. The van der Waals surface area contributed by atoms with Crippen molar-refractivity contribution in [3.8, 4) is 0 Å². The molecule has 1 saturated heterocycles. The van der Waals surface area contributed by atoms with Gasteiger partial charge in [0, 0.05) is 19.9 Å². The Kier molecular flexibility index (Phi) is 7.65. The molecule has 0 aliphatic carbocycles. The van der Waals surface area contributed by atoms with Crippen LogP contribution in [0.2, 0.25) is 0 Å². The molecule has 136 valence electrons. The number of carbonyl (C=O) groups is 2. The third-order valence-corrected chi connectivity index (χ3v) is 3.94. The van der Waals surface area contributed by atoms with E-state index in [0.29, 0.717) is 0 Å². The molecule has 2 unspecified atom stereocenters. The minimum atomic E-state index is -1.25. The molecule has 2 heterocycles. The Balaban J connectivity index is 0.00000288. The first-order valence-electron chi connectivity index (χ1n) is 7.66. The minimum Gasteiger partial charge on any atom is -0.467 e. The van der Waals surface area contributed by atoms with Gasteiger partial charge in [0.2, 0.25) is 0 Å². The number of nitrogens with one attached hydrogen (secondary N) is 2. The van der Waals surface area contributed by atoms with Crippen LogP contribution >= 0.6 is 12.4 Å². The third-order valence-electron chi connectivity index (χ3n) is 3.94. The summed E-state index contributed by atoms with van der Waals surface area (Å²) in [7, 11) is 2.73. The molecule has 0 spiro atoms. The number of ether oxygens (including phenoxy) is 2. The van der Waals surface area contributed by atoms with Crippen molar-refractivity contribution in [3.63, 3.8) is 0 Å². The molecule has 1 aliphatic rings. The van der Waals surface area contributed by atoms with Gasteiger partial charge in [0.1, 0.15) is 5.69 Å². The summed E-state index contributed by atoms with van der Waals surface area (Å²) in [6.45, 7) is 3.42. The molecular weight excluding hydrogens is 336 g/mol. The van der Waals surface area contributed by atoms with Crippen LogP contribution in [0.3, 0.4) is 0 Å². The summed E-state index contributed by atoms with van der Waals surface area (Å²) in [6.07, 6.45) is 3.90. The summed E-state index contributed by atoms with van der Waals surface area (Å²) in [6, 6.07) is 1.89. The SMILES string of the molecule is COCC(C)(NC(=O)c1ccn(C2CCCNC2)n1)C(=O)OC.Cl. The van der Waals surface area contributed by atoms with Crippen LogP contribution in [0.5, 0.6) is 0 Å². The van der Waals surface area contributed by atoms with Gasteiger partial charge < -0.3 is 20.1 Å². The predicted molar refractivity (Wildman–Crippen MR) is 90.4 cm³/mol. The quantitative estimate of drug-likeness (QED) is 0.719. The molecule has 2 atom stereocenters. The first-order valence-corrected chi connectivity index (χ1v) is 7.66. The largest absolute Gasteiger partial charge is 0.467 e. The van der Waals surface area contributed by atoms with Crippen molar-refractivity contribution in [2.75, 3.05) is 33.9 Å². The molecule has 0 saturated carbocycles. The maximum absolute atomic E-state index is 12.4. The fourth-order valence-corrected chi connectivity index (χ4v) is 2.70. The Bertz CT molecular complexity index is 559. The van der Waals surface area contributed by atoms with Crippen LogP contribution < -0.4 is 10.6 Å². The van der Waals surface area contributed by atoms with E-state index in [9.17, 15) is 9.59 Å². The number of carbonyl (C=O) groups excluding carboxylic acids is 2. The number of methoxy groups -OCH3 is 2. The molecule has 24 heavy (non-hydrogen) atoms. The normalized spacial score (nSPS) is 19.7. The van der Waals surface area contributed by atoms with Crippen molar-refractivity contribution in [2.45, 2.75) is 31.3 Å². The summed E-state index contributed by atoms with van der Waals surface area (Å²) in [5.74, 6) is -0.999. The number of rotatable bonds is 6. The van der Waals surface area contributed by atoms with Gasteiger partial charge in [0.25, 0.3) is 5.91 Å². The first kappa shape index (κ1) is 20.4. The van der Waals surface area contributed by atoms with Gasteiger partial charge in [-0.15, -0.1) is 12.4 Å². The average molecular weight is 361 g/mol. The summed E-state index contributed by atoms with van der Waals surface area (Å²) < 4.78 is 11.6. The van der Waals surface area contributed by atoms with E-state index in [0.717, 1.165) is 25.9 Å². The van der Waals surface area contributed by atoms with Crippen LogP contribution in [-0.2, 0) is 14.3 Å². The van der Waals surface area contributed by atoms with E-state index in [4.69, 9.17) is 9.47 Å². The number of aromatic nitrogens is 2. The van der Waals surface area contributed by atoms with Crippen molar-refractivity contribution < 1.29 is 19.1 Å². The van der Waals surface area contributed by atoms with Crippen molar-refractivity contribution in [1.82, 2.24) is 20.4 Å². The predicted octanol–water partition coefficient (Wildman–Crippen LogP) is 0.537. The number of amides is 1. The van der Waals surface area contributed by atoms with Crippen LogP contribution in [0, 0.1) is 0 Å². The lowest BCUT2D eigenvalue weighted by Crippen LogP contribution is -2.56. The summed E-state index contributed by atoms with van der Waals surface area (Å²) >= 11 is 0. The summed E-state index contributed by atoms with van der Waals surface area (Å²) in [5.41, 5.74) is -0.988. The lowest BCUT2D eigenvalue weighted by Gasteiger charge is -2.26. The summed E-state index contributed by atoms with van der Waals surface area (Å²) in [4.78, 5) is 24.3. The van der Waals surface area contributed by atoms with Gasteiger partial charge in [-0.25, -0.2) is 4.79 Å². The Labute approximate surface area is 147 Å². The minimum absolute atomic E-state index is 0. The highest BCUT2D eigenvalue weighted by molar-refractivity contribution is 5.96. The van der Waals surface area contributed by atoms with Crippen LogP contribution in [0.25, 0.3) is 0 Å². The molecule has 2 rings (SSSR count). The van der Waals surface area contributed by atoms with Gasteiger partial charge in [0.05, 0.1) is 19.8 Å². The average Bonchev–Trinajstić information content (AvgIpc) is 3.05. The Morgan fingerprint density at radius 3 is 2.83 bits per heavy atom. The van der Waals surface area contributed by atoms with Gasteiger partial charge >= 0.3 is 5.97 Å². The fraction of sp³-hybridized carbons (Fsp3) is 0.667. The van der Waals surface area contributed by atoms with Crippen LogP contribution in [0.15, 0.2) is 12.3 Å². The maximum Gasteiger partial charge on any atom is 0.333 e. The smallest absolute Gasteiger partial charge is 0.333 e. The Morgan fingerprint density at radius 1 is 1.50 bits per heavy atom. The number of hydrogen-bond donors (Lipinski definition) is 2. The molecule has 1 aromatic rings. The van der Waals surface area contributed by atoms with Crippen molar-refractivity contribution in [3.05, 3.63) is 18.0 Å². The van der Waals surface area contributed by atoms with Gasteiger partial charge in [-0.05, 0) is 32.4 Å². The number of hydrogen-bond acceptors (Lipinski definition) is 6. The first-order chi connectivity index (χ1) is 11.0. The van der Waals surface area contributed by atoms with Crippen LogP contribution in [0.1, 0.15) is 36.3 Å². The Morgan fingerprint density at radius 2 is 2.25 bits per heavy atom. The fourth-order valence-electron chi connectivity index (χ4n) is 2.70. The zero-order chi connectivity index (χ0) is 16.9. The van der Waals surface area contributed by atoms with Crippen LogP contribution in [-0.4, -0.2) is 61.1 Å². The van der Waals surface area contributed by atoms with Gasteiger partial charge in [-0.1, -0.05) is 0 Å². The van der Waals surface area contributed by atoms with E-state index in [1.807, 2.05) is 0 Å². The molecule has 8 nitrogen and oxygen atoms in total. The molecule has 1 amide bonds. The standard InChI is InChI=1S/C15H24N4O4.ClH/c1-15(10-22-2,14(21)23-3)17-13(20)12-6-8-19(18-12)11-5-4-7-16-9-11;/h6,8,11,16H,4-5,7,9-10H2,1-3H3,(H,17,20);1H. The molecular formula is C15H25ClN4O4. The number of piperidine rings is 1. The molecule has 0 aromatic carbocycles. The van der Waals surface area contributed by atoms with Gasteiger partial charge in [-0.3, -0.25) is 9.48 Å². The highest BCUT2D eigenvalue weighted by atomic mass is 35.5. The van der Waals surface area contributed by atoms with E-state index in [2.05, 4.69) is 15.7 Å². The van der Waals surface area contributed by atoms with Crippen molar-refractivity contribution in [2.24, 2.45) is 0 Å². The second-order valence-corrected chi connectivity index (χ2v) is 5.89. The lowest BCUT2D eigenvalue weighted by atomic mass is 10.0. The van der Waals surface area contributed by atoms with Gasteiger partial charge in [0.15, 0.2) is 5.54 Å². The number of nitrogens with zero attached hydrogens (tertiary/aromatic N) is 2. The Hall–Kier alpha value is -1.64. The molecule has 1 fully saturated rings. The zero-order valence-corrected chi connectivity index (χ0v) is 15.0. The maximum atomic E-state index is 12.4. The molecule has 9 heteroatoms. The van der Waals surface area contributed by atoms with E-state index < -0.39 is 17.4 Å². The van der Waals surface area contributed by atoms with E-state index >= 15 is 0 Å². The van der Waals surface area contributed by atoms with Crippen LogP contribution in [0.4, 0.5) is 0 Å². The molecule has 1 aromatic heterocycles. The zero-order valence-electron chi connectivity index (χ0n) is 14.2. The van der Waals surface area contributed by atoms with E-state index in [-0.39, 0.29) is 30.7 Å². The molecule has 0 bridgehead atoms. The van der Waals surface area contributed by atoms with Crippen molar-refractivity contribution >= 4 is 24.3 Å². The lowest BCUT2D eigenvalue weighted by molar-refractivity contribution is -0.149. The second-order valence-electron chi connectivity index (χ2n) is 5.89. The topological polar surface area (TPSA) is 94.5 Å². The summed E-state index contributed by atoms with van der Waals surface area (Å²) in [5, 5.41) is 10.3. The van der Waals surface area contributed by atoms with E-state index in [1.54, 1.807) is 23.9 Å². The third kappa shape index (κ3) is 4.68. The number of halogens is 1. The molecule has 1 aliphatic heterocycles. The van der Waals surface area contributed by atoms with E-state index in [1.165, 1.54) is 14.2 Å². The molecule has 0 radical (unpaired) electrons. The highest BCUT2D eigenvalue weighted by Gasteiger charge is 2.37.